The second-order valence-electron chi connectivity index (χ2n) is 3.64. The van der Waals surface area contributed by atoms with E-state index < -0.39 is 10.8 Å². The zero-order valence-electron chi connectivity index (χ0n) is 8.66. The maximum Gasteiger partial charge on any atom is 0.160 e. The highest BCUT2D eigenvalue weighted by atomic mass is 32.2. The summed E-state index contributed by atoms with van der Waals surface area (Å²) in [5, 5.41) is 9.62. The van der Waals surface area contributed by atoms with E-state index in [-0.39, 0.29) is 5.75 Å². The average molecular weight is 226 g/mol. The molecule has 0 aliphatic carbocycles. The van der Waals surface area contributed by atoms with Gasteiger partial charge in [-0.2, -0.15) is 0 Å². The monoisotopic (exact) mass is 226 g/mol. The van der Waals surface area contributed by atoms with Gasteiger partial charge in [-0.05, 0) is 30.9 Å². The quantitative estimate of drug-likeness (QED) is 0.795. The van der Waals surface area contributed by atoms with Crippen molar-refractivity contribution in [1.29, 1.82) is 0 Å². The molecule has 0 bridgehead atoms. The van der Waals surface area contributed by atoms with Crippen LogP contribution in [0.3, 0.4) is 0 Å². The second kappa shape index (κ2) is 4.23. The Kier molecular flexibility index (Phi) is 2.95. The molecule has 82 valence electrons. The Morgan fingerprint density at radius 2 is 2.20 bits per heavy atom. The first-order valence-corrected chi connectivity index (χ1v) is 6.32. The number of aromatic hydroxyl groups is 1. The van der Waals surface area contributed by atoms with E-state index in [0.29, 0.717) is 11.5 Å². The van der Waals surface area contributed by atoms with Crippen molar-refractivity contribution in [2.75, 3.05) is 12.9 Å². The van der Waals surface area contributed by atoms with Gasteiger partial charge in [0, 0.05) is 16.7 Å². The third kappa shape index (κ3) is 2.00. The highest BCUT2D eigenvalue weighted by Gasteiger charge is 2.17. The van der Waals surface area contributed by atoms with E-state index in [9.17, 15) is 9.32 Å². The van der Waals surface area contributed by atoms with Crippen molar-refractivity contribution in [1.82, 2.24) is 0 Å². The molecule has 0 aromatic heterocycles. The summed E-state index contributed by atoms with van der Waals surface area (Å²) in [4.78, 5) is 0.769. The number of phenols is 1. The van der Waals surface area contributed by atoms with Gasteiger partial charge in [0.25, 0.3) is 0 Å². The van der Waals surface area contributed by atoms with Gasteiger partial charge < -0.3 is 9.84 Å². The fourth-order valence-corrected chi connectivity index (χ4v) is 3.20. The molecule has 2 rings (SSSR count). The fraction of sp³-hybridized carbons (Fsp3) is 0.455. The van der Waals surface area contributed by atoms with Crippen molar-refractivity contribution in [3.63, 3.8) is 0 Å². The highest BCUT2D eigenvalue weighted by molar-refractivity contribution is 7.85. The summed E-state index contributed by atoms with van der Waals surface area (Å²) < 4.78 is 16.9. The Balaban J connectivity index is 2.51. The summed E-state index contributed by atoms with van der Waals surface area (Å²) in [5.41, 5.74) is 1.04. The summed E-state index contributed by atoms with van der Waals surface area (Å²) in [6, 6.07) is 3.38. The molecule has 15 heavy (non-hydrogen) atoms. The van der Waals surface area contributed by atoms with Crippen LogP contribution in [0, 0.1) is 0 Å². The Morgan fingerprint density at radius 1 is 1.40 bits per heavy atom. The average Bonchev–Trinajstić information content (AvgIpc) is 2.40. The minimum absolute atomic E-state index is 0.0755. The van der Waals surface area contributed by atoms with Crippen LogP contribution in [0.2, 0.25) is 0 Å². The molecular weight excluding hydrogens is 212 g/mol. The predicted molar refractivity (Wildman–Crippen MR) is 58.9 cm³/mol. The summed E-state index contributed by atoms with van der Waals surface area (Å²) in [5.74, 6) is 1.23. The van der Waals surface area contributed by atoms with Gasteiger partial charge >= 0.3 is 0 Å². The molecule has 3 nitrogen and oxygen atoms in total. The Morgan fingerprint density at radius 3 is 2.93 bits per heavy atom. The first-order chi connectivity index (χ1) is 7.22. The number of ether oxygens (including phenoxy) is 1. The van der Waals surface area contributed by atoms with Crippen LogP contribution >= 0.6 is 0 Å². The molecular formula is C11H14O3S. The molecule has 0 fully saturated rings. The van der Waals surface area contributed by atoms with Gasteiger partial charge in [0.05, 0.1) is 17.9 Å². The molecule has 0 spiro atoms. The zero-order valence-corrected chi connectivity index (χ0v) is 9.47. The lowest BCUT2D eigenvalue weighted by Crippen LogP contribution is -1.98. The van der Waals surface area contributed by atoms with Crippen LogP contribution in [-0.4, -0.2) is 22.2 Å². The van der Waals surface area contributed by atoms with E-state index in [4.69, 9.17) is 4.74 Å². The van der Waals surface area contributed by atoms with E-state index in [2.05, 4.69) is 0 Å². The lowest BCUT2D eigenvalue weighted by Gasteiger charge is -2.09. The normalized spacial score (nSPS) is 20.5. The van der Waals surface area contributed by atoms with Crippen molar-refractivity contribution in [2.24, 2.45) is 0 Å². The van der Waals surface area contributed by atoms with Crippen LogP contribution in [0.15, 0.2) is 17.0 Å². The molecule has 1 aliphatic heterocycles. The molecule has 1 unspecified atom stereocenters. The number of phenolic OH excluding ortho intramolecular Hbond substituents is 1. The van der Waals surface area contributed by atoms with E-state index in [0.717, 1.165) is 29.7 Å². The molecule has 1 N–H and O–H groups in total. The third-order valence-corrected chi connectivity index (χ3v) is 4.16. The summed E-state index contributed by atoms with van der Waals surface area (Å²) in [6.45, 7) is 0. The SMILES string of the molecule is COc1cc2c(cc1O)S(=O)CCCC2. The molecule has 1 aliphatic rings. The zero-order chi connectivity index (χ0) is 10.8. The van der Waals surface area contributed by atoms with Gasteiger partial charge in [0.2, 0.25) is 0 Å². The Bertz CT molecular complexity index is 401. The number of aryl methyl sites for hydroxylation is 1. The summed E-state index contributed by atoms with van der Waals surface area (Å²) >= 11 is 0. The van der Waals surface area contributed by atoms with E-state index in [1.807, 2.05) is 0 Å². The van der Waals surface area contributed by atoms with Crippen molar-refractivity contribution < 1.29 is 14.1 Å². The molecule has 0 amide bonds. The second-order valence-corrected chi connectivity index (χ2v) is 5.18. The summed E-state index contributed by atoms with van der Waals surface area (Å²) in [6.07, 6.45) is 2.94. The van der Waals surface area contributed by atoms with Crippen LogP contribution < -0.4 is 4.74 Å². The van der Waals surface area contributed by atoms with Gasteiger partial charge in [-0.25, -0.2) is 0 Å². The molecule has 1 atom stereocenters. The Labute approximate surface area is 91.5 Å². The number of methoxy groups -OCH3 is 1. The minimum Gasteiger partial charge on any atom is -0.504 e. The molecule has 1 heterocycles. The van der Waals surface area contributed by atoms with Crippen LogP contribution in [0.25, 0.3) is 0 Å². The number of hydrogen-bond donors (Lipinski definition) is 1. The molecule has 0 saturated heterocycles. The molecule has 4 heteroatoms. The van der Waals surface area contributed by atoms with Crippen molar-refractivity contribution >= 4 is 10.8 Å². The van der Waals surface area contributed by atoms with Crippen LogP contribution in [-0.2, 0) is 17.2 Å². The van der Waals surface area contributed by atoms with E-state index in [1.165, 1.54) is 7.11 Å². The number of fused-ring (bicyclic) bond motifs is 1. The highest BCUT2D eigenvalue weighted by Crippen LogP contribution is 2.33. The fourth-order valence-electron chi connectivity index (χ4n) is 1.82. The van der Waals surface area contributed by atoms with Gasteiger partial charge in [-0.3, -0.25) is 4.21 Å². The number of hydrogen-bond acceptors (Lipinski definition) is 3. The number of rotatable bonds is 1. The maximum absolute atomic E-state index is 11.8. The first-order valence-electron chi connectivity index (χ1n) is 5.00. The lowest BCUT2D eigenvalue weighted by molar-refractivity contribution is 0.372. The standard InChI is InChI=1S/C11H14O3S/c1-14-10-6-8-4-2-3-5-15(13)11(8)7-9(10)12/h6-7,12H,2-5H2,1H3. The van der Waals surface area contributed by atoms with Crippen molar-refractivity contribution in [2.45, 2.75) is 24.2 Å². The molecule has 1 aromatic carbocycles. The summed E-state index contributed by atoms with van der Waals surface area (Å²) in [7, 11) is 0.554. The van der Waals surface area contributed by atoms with Gasteiger partial charge in [-0.15, -0.1) is 0 Å². The molecule has 0 radical (unpaired) electrons. The van der Waals surface area contributed by atoms with Crippen molar-refractivity contribution in [3.05, 3.63) is 17.7 Å². The lowest BCUT2D eigenvalue weighted by atomic mass is 10.1. The molecule has 1 aromatic rings. The topological polar surface area (TPSA) is 46.5 Å². The van der Waals surface area contributed by atoms with Gasteiger partial charge in [-0.1, -0.05) is 0 Å². The smallest absolute Gasteiger partial charge is 0.160 e. The third-order valence-electron chi connectivity index (χ3n) is 2.63. The largest absolute Gasteiger partial charge is 0.504 e. The van der Waals surface area contributed by atoms with Crippen LogP contribution in [0.5, 0.6) is 11.5 Å². The van der Waals surface area contributed by atoms with Crippen LogP contribution in [0.4, 0.5) is 0 Å². The first kappa shape index (κ1) is 10.5. The minimum atomic E-state index is -0.969. The van der Waals surface area contributed by atoms with Crippen LogP contribution in [0.1, 0.15) is 18.4 Å². The van der Waals surface area contributed by atoms with E-state index in [1.54, 1.807) is 12.1 Å². The maximum atomic E-state index is 11.8. The number of benzene rings is 1. The van der Waals surface area contributed by atoms with E-state index >= 15 is 0 Å². The molecule has 0 saturated carbocycles. The van der Waals surface area contributed by atoms with Gasteiger partial charge in [0.1, 0.15) is 0 Å². The Hall–Kier alpha value is -1.03. The van der Waals surface area contributed by atoms with Gasteiger partial charge in [0.15, 0.2) is 11.5 Å². The predicted octanol–water partition coefficient (Wildman–Crippen LogP) is 1.84. The van der Waals surface area contributed by atoms with Crippen molar-refractivity contribution in [3.8, 4) is 11.5 Å².